The summed E-state index contributed by atoms with van der Waals surface area (Å²) >= 11 is 1.16. The van der Waals surface area contributed by atoms with Gasteiger partial charge in [-0.2, -0.15) is 0 Å². The summed E-state index contributed by atoms with van der Waals surface area (Å²) in [7, 11) is 0. The third-order valence-corrected chi connectivity index (χ3v) is 5.26. The van der Waals surface area contributed by atoms with E-state index in [9.17, 15) is 14.0 Å². The van der Waals surface area contributed by atoms with Crippen molar-refractivity contribution in [2.75, 3.05) is 11.5 Å². The molecule has 152 valence electrons. The first-order valence-electron chi connectivity index (χ1n) is 9.12. The number of esters is 1. The fraction of sp³-hybridized carbons (Fsp3) is 0.136. The number of nitrogens with zero attached hydrogens (tertiary/aromatic N) is 2. The Labute approximate surface area is 176 Å². The van der Waals surface area contributed by atoms with Gasteiger partial charge in [0, 0.05) is 17.9 Å². The van der Waals surface area contributed by atoms with E-state index in [1.54, 1.807) is 23.6 Å². The zero-order chi connectivity index (χ0) is 21.1. The Balaban J connectivity index is 1.46. The Hall–Kier alpha value is -3.52. The Morgan fingerprint density at radius 1 is 1.20 bits per heavy atom. The molecule has 0 N–H and O–H groups in total. The molecule has 0 spiro atoms. The maximum Gasteiger partial charge on any atom is 0.337 e. The van der Waals surface area contributed by atoms with Crippen molar-refractivity contribution >= 4 is 40.1 Å². The quantitative estimate of drug-likeness (QED) is 0.565. The molecule has 1 aromatic heterocycles. The van der Waals surface area contributed by atoms with Crippen LogP contribution < -0.4 is 9.64 Å². The molecule has 0 fully saturated rings. The van der Waals surface area contributed by atoms with E-state index < -0.39 is 11.8 Å². The van der Waals surface area contributed by atoms with Gasteiger partial charge in [0.2, 0.25) is 5.91 Å². The fourth-order valence-corrected chi connectivity index (χ4v) is 3.84. The van der Waals surface area contributed by atoms with Gasteiger partial charge < -0.3 is 9.47 Å². The van der Waals surface area contributed by atoms with Gasteiger partial charge >= 0.3 is 5.97 Å². The van der Waals surface area contributed by atoms with E-state index >= 15 is 0 Å². The normalized spacial score (nSPS) is 12.4. The molecule has 0 aliphatic carbocycles. The van der Waals surface area contributed by atoms with Crippen LogP contribution in [0.3, 0.4) is 0 Å². The third kappa shape index (κ3) is 4.08. The number of ether oxygens (including phenoxy) is 2. The molecule has 0 saturated carbocycles. The second kappa shape index (κ2) is 8.46. The highest BCUT2D eigenvalue weighted by Gasteiger charge is 2.22. The van der Waals surface area contributed by atoms with Crippen LogP contribution in [0.1, 0.15) is 18.2 Å². The largest absolute Gasteiger partial charge is 0.488 e. The third-order valence-electron chi connectivity index (χ3n) is 4.38. The van der Waals surface area contributed by atoms with E-state index in [0.29, 0.717) is 16.4 Å². The zero-order valence-corrected chi connectivity index (χ0v) is 16.8. The smallest absolute Gasteiger partial charge is 0.337 e. The predicted octanol–water partition coefficient (Wildman–Crippen LogP) is 4.49. The van der Waals surface area contributed by atoms with Crippen LogP contribution in [-0.2, 0) is 20.9 Å². The van der Waals surface area contributed by atoms with Crippen LogP contribution in [-0.4, -0.2) is 23.5 Å². The number of thiazole rings is 1. The van der Waals surface area contributed by atoms with Gasteiger partial charge in [-0.3, -0.25) is 9.69 Å². The number of hydrogen-bond acceptors (Lipinski definition) is 6. The average molecular weight is 424 g/mol. The van der Waals surface area contributed by atoms with Crippen LogP contribution in [0, 0.1) is 5.82 Å². The second-order valence-corrected chi connectivity index (χ2v) is 7.34. The van der Waals surface area contributed by atoms with Crippen LogP contribution in [0.5, 0.6) is 5.75 Å². The molecule has 6 nitrogen and oxygen atoms in total. The molecule has 0 unspecified atom stereocenters. The van der Waals surface area contributed by atoms with Crippen molar-refractivity contribution in [3.8, 4) is 5.75 Å². The lowest BCUT2D eigenvalue weighted by Gasteiger charge is -2.18. The minimum atomic E-state index is -0.527. The maximum absolute atomic E-state index is 14.2. The van der Waals surface area contributed by atoms with Gasteiger partial charge in [0.05, 0.1) is 17.0 Å². The van der Waals surface area contributed by atoms with Gasteiger partial charge in [-0.25, -0.2) is 14.2 Å². The number of carbonyl (C=O) groups excluding carboxylic acids is 2. The Morgan fingerprint density at radius 2 is 1.97 bits per heavy atom. The number of aromatic nitrogens is 1. The number of para-hydroxylation sites is 2. The van der Waals surface area contributed by atoms with Crippen molar-refractivity contribution in [2.45, 2.75) is 13.5 Å². The van der Waals surface area contributed by atoms with E-state index in [1.165, 1.54) is 24.0 Å². The Morgan fingerprint density at radius 3 is 2.77 bits per heavy atom. The van der Waals surface area contributed by atoms with Crippen LogP contribution in [0.15, 0.2) is 59.5 Å². The van der Waals surface area contributed by atoms with Crippen LogP contribution in [0.4, 0.5) is 15.2 Å². The first-order valence-corrected chi connectivity index (χ1v) is 10.00. The summed E-state index contributed by atoms with van der Waals surface area (Å²) in [6.07, 6.45) is 1.74. The van der Waals surface area contributed by atoms with Crippen molar-refractivity contribution in [1.82, 2.24) is 4.98 Å². The Bertz CT molecular complexity index is 1140. The second-order valence-electron chi connectivity index (χ2n) is 6.50. The summed E-state index contributed by atoms with van der Waals surface area (Å²) in [6, 6.07) is 13.4. The fourth-order valence-electron chi connectivity index (χ4n) is 2.97. The molecule has 0 bridgehead atoms. The molecular formula is C22H17FN2O4S. The number of rotatable bonds is 5. The molecule has 1 amide bonds. The molecule has 30 heavy (non-hydrogen) atoms. The van der Waals surface area contributed by atoms with E-state index in [1.807, 2.05) is 24.3 Å². The highest BCUT2D eigenvalue weighted by Crippen LogP contribution is 2.31. The van der Waals surface area contributed by atoms with Gasteiger partial charge in [0.15, 0.2) is 5.13 Å². The molecule has 3 aromatic rings. The van der Waals surface area contributed by atoms with Crippen molar-refractivity contribution in [2.24, 2.45) is 0 Å². The SMILES string of the molecule is CC(=O)N(c1nc(COC(=O)C2=Cc3ccccc3OC2)cs1)c1ccccc1F. The van der Waals surface area contributed by atoms with E-state index in [2.05, 4.69) is 4.98 Å². The molecule has 0 saturated heterocycles. The van der Waals surface area contributed by atoms with Crippen molar-refractivity contribution in [3.63, 3.8) is 0 Å². The topological polar surface area (TPSA) is 68.7 Å². The van der Waals surface area contributed by atoms with Crippen molar-refractivity contribution < 1.29 is 23.5 Å². The first kappa shape index (κ1) is 19.8. The van der Waals surface area contributed by atoms with Gasteiger partial charge in [0.25, 0.3) is 0 Å². The number of halogens is 1. The molecule has 1 aliphatic heterocycles. The first-order chi connectivity index (χ1) is 14.5. The molecule has 0 atom stereocenters. The molecule has 1 aliphatic rings. The summed E-state index contributed by atoms with van der Waals surface area (Å²) in [4.78, 5) is 30.0. The van der Waals surface area contributed by atoms with Crippen LogP contribution >= 0.6 is 11.3 Å². The number of hydrogen-bond donors (Lipinski definition) is 0. The highest BCUT2D eigenvalue weighted by atomic mass is 32.1. The highest BCUT2D eigenvalue weighted by molar-refractivity contribution is 7.14. The lowest BCUT2D eigenvalue weighted by atomic mass is 10.1. The summed E-state index contributed by atoms with van der Waals surface area (Å²) in [5.41, 5.74) is 1.80. The molecule has 8 heteroatoms. The minimum Gasteiger partial charge on any atom is -0.488 e. The Kier molecular flexibility index (Phi) is 5.58. The minimum absolute atomic E-state index is 0.0721. The summed E-state index contributed by atoms with van der Waals surface area (Å²) in [5.74, 6) is -0.686. The van der Waals surface area contributed by atoms with E-state index in [0.717, 1.165) is 22.6 Å². The van der Waals surface area contributed by atoms with Crippen molar-refractivity contribution in [3.05, 3.63) is 76.6 Å². The van der Waals surface area contributed by atoms with Crippen LogP contribution in [0.2, 0.25) is 0 Å². The average Bonchev–Trinajstić information content (AvgIpc) is 3.21. The molecule has 2 heterocycles. The predicted molar refractivity (Wildman–Crippen MR) is 111 cm³/mol. The number of benzene rings is 2. The van der Waals surface area contributed by atoms with E-state index in [-0.39, 0.29) is 24.8 Å². The van der Waals surface area contributed by atoms with E-state index in [4.69, 9.17) is 9.47 Å². The van der Waals surface area contributed by atoms with Gasteiger partial charge in [-0.15, -0.1) is 11.3 Å². The standard InChI is InChI=1S/C22H17FN2O4S/c1-14(26)25(19-8-4-3-7-18(19)23)22-24-17(13-30-22)12-29-21(27)16-10-15-6-2-5-9-20(15)28-11-16/h2-10,13H,11-12H2,1H3. The maximum atomic E-state index is 14.2. The number of amides is 1. The van der Waals surface area contributed by atoms with Gasteiger partial charge in [-0.1, -0.05) is 30.3 Å². The number of fused-ring (bicyclic) bond motifs is 1. The zero-order valence-electron chi connectivity index (χ0n) is 16.0. The lowest BCUT2D eigenvalue weighted by Crippen LogP contribution is -2.23. The van der Waals surface area contributed by atoms with Crippen LogP contribution in [0.25, 0.3) is 6.08 Å². The monoisotopic (exact) mass is 424 g/mol. The lowest BCUT2D eigenvalue weighted by molar-refractivity contribution is -0.140. The number of anilines is 2. The molecule has 2 aromatic carbocycles. The summed E-state index contributed by atoms with van der Waals surface area (Å²) in [6.45, 7) is 1.39. The number of carbonyl (C=O) groups is 2. The molecule has 0 radical (unpaired) electrons. The van der Waals surface area contributed by atoms with Crippen molar-refractivity contribution in [1.29, 1.82) is 0 Å². The molecular weight excluding hydrogens is 407 g/mol. The van der Waals surface area contributed by atoms with Gasteiger partial charge in [0.1, 0.15) is 24.8 Å². The van der Waals surface area contributed by atoms with Gasteiger partial charge in [-0.05, 0) is 24.3 Å². The summed E-state index contributed by atoms with van der Waals surface area (Å²) < 4.78 is 25.1. The summed E-state index contributed by atoms with van der Waals surface area (Å²) in [5, 5.41) is 1.97. The molecule has 4 rings (SSSR count).